The third-order valence-corrected chi connectivity index (χ3v) is 3.83. The summed E-state index contributed by atoms with van der Waals surface area (Å²) in [5.74, 6) is 1.22. The van der Waals surface area contributed by atoms with E-state index in [4.69, 9.17) is 33.3 Å². The Labute approximate surface area is 134 Å². The van der Waals surface area contributed by atoms with Gasteiger partial charge < -0.3 is 14.5 Å². The summed E-state index contributed by atoms with van der Waals surface area (Å²) >= 11 is 11.6. The highest BCUT2D eigenvalue weighted by molar-refractivity contribution is 7.71. The van der Waals surface area contributed by atoms with E-state index in [9.17, 15) is 0 Å². The number of methoxy groups -OCH3 is 2. The molecule has 0 aliphatic heterocycles. The Morgan fingerprint density at radius 2 is 1.76 bits per heavy atom. The van der Waals surface area contributed by atoms with Crippen molar-refractivity contribution in [1.82, 2.24) is 9.55 Å². The molecule has 6 heteroatoms. The summed E-state index contributed by atoms with van der Waals surface area (Å²) in [5.41, 5.74) is 1.77. The Morgan fingerprint density at radius 1 is 1.14 bits per heavy atom. The van der Waals surface area contributed by atoms with Crippen LogP contribution < -0.4 is 9.47 Å². The van der Waals surface area contributed by atoms with Crippen molar-refractivity contribution in [2.24, 2.45) is 0 Å². The highest BCUT2D eigenvalue weighted by atomic mass is 35.5. The maximum atomic E-state index is 6.16. The standard InChI is InChI=1S/C15H19ClN2O2S/c1-15(2,3)13-8-17-14(21)18(13)10-7-11(19-4)9(16)6-12(10)20-5/h6-8H,1-5H3,(H,17,21). The number of halogens is 1. The molecule has 0 aliphatic carbocycles. The van der Waals surface area contributed by atoms with Crippen LogP contribution in [-0.2, 0) is 5.41 Å². The number of benzene rings is 1. The molecule has 0 unspecified atom stereocenters. The van der Waals surface area contributed by atoms with Crippen molar-refractivity contribution in [3.63, 3.8) is 0 Å². The fourth-order valence-electron chi connectivity index (χ4n) is 2.18. The largest absolute Gasteiger partial charge is 0.495 e. The Balaban J connectivity index is 2.78. The number of nitrogens with one attached hydrogen (secondary N) is 1. The smallest absolute Gasteiger partial charge is 0.182 e. The van der Waals surface area contributed by atoms with Crippen LogP contribution in [0.1, 0.15) is 26.5 Å². The molecule has 0 amide bonds. The molecule has 114 valence electrons. The molecular weight excluding hydrogens is 308 g/mol. The first-order valence-electron chi connectivity index (χ1n) is 6.52. The Morgan fingerprint density at radius 3 is 2.29 bits per heavy atom. The molecule has 2 rings (SSSR count). The molecule has 1 aromatic carbocycles. The number of aromatic nitrogens is 2. The predicted molar refractivity (Wildman–Crippen MR) is 87.8 cm³/mol. The maximum absolute atomic E-state index is 6.16. The van der Waals surface area contributed by atoms with Crippen molar-refractivity contribution < 1.29 is 9.47 Å². The van der Waals surface area contributed by atoms with E-state index in [0.29, 0.717) is 21.3 Å². The molecule has 0 saturated carbocycles. The van der Waals surface area contributed by atoms with Crippen molar-refractivity contribution in [3.05, 3.63) is 33.8 Å². The van der Waals surface area contributed by atoms with Crippen LogP contribution in [0.25, 0.3) is 5.69 Å². The normalized spacial score (nSPS) is 11.5. The number of hydrogen-bond acceptors (Lipinski definition) is 3. The molecule has 4 nitrogen and oxygen atoms in total. The first-order valence-corrected chi connectivity index (χ1v) is 7.31. The first-order chi connectivity index (χ1) is 9.79. The molecule has 1 N–H and O–H groups in total. The Hall–Kier alpha value is -1.46. The molecule has 0 aliphatic rings. The van der Waals surface area contributed by atoms with E-state index in [2.05, 4.69) is 25.8 Å². The van der Waals surface area contributed by atoms with Crippen molar-refractivity contribution in [3.8, 4) is 17.2 Å². The Kier molecular flexibility index (Phi) is 4.35. The zero-order valence-electron chi connectivity index (χ0n) is 12.8. The summed E-state index contributed by atoms with van der Waals surface area (Å²) in [6, 6.07) is 3.57. The van der Waals surface area contributed by atoms with Gasteiger partial charge in [-0.1, -0.05) is 32.4 Å². The van der Waals surface area contributed by atoms with Crippen molar-refractivity contribution in [1.29, 1.82) is 0 Å². The highest BCUT2D eigenvalue weighted by Gasteiger charge is 2.22. The van der Waals surface area contributed by atoms with E-state index in [1.54, 1.807) is 20.3 Å². The number of imidazole rings is 1. The number of aromatic amines is 1. The monoisotopic (exact) mass is 326 g/mol. The lowest BCUT2D eigenvalue weighted by atomic mass is 9.92. The van der Waals surface area contributed by atoms with Crippen LogP contribution in [0, 0.1) is 4.77 Å². The zero-order chi connectivity index (χ0) is 15.8. The fraction of sp³-hybridized carbons (Fsp3) is 0.400. The maximum Gasteiger partial charge on any atom is 0.182 e. The van der Waals surface area contributed by atoms with Gasteiger partial charge in [0.15, 0.2) is 4.77 Å². The minimum Gasteiger partial charge on any atom is -0.495 e. The van der Waals surface area contributed by atoms with E-state index in [1.807, 2.05) is 16.8 Å². The van der Waals surface area contributed by atoms with Gasteiger partial charge >= 0.3 is 0 Å². The summed E-state index contributed by atoms with van der Waals surface area (Å²) in [6.07, 6.45) is 1.92. The molecule has 0 spiro atoms. The summed E-state index contributed by atoms with van der Waals surface area (Å²) in [6.45, 7) is 6.38. The van der Waals surface area contributed by atoms with Crippen LogP contribution in [-0.4, -0.2) is 23.8 Å². The van der Waals surface area contributed by atoms with Crippen LogP contribution in [0.5, 0.6) is 11.5 Å². The number of H-pyrrole nitrogens is 1. The predicted octanol–water partition coefficient (Wildman–Crippen LogP) is 4.50. The number of nitrogens with zero attached hydrogens (tertiary/aromatic N) is 1. The number of hydrogen-bond donors (Lipinski definition) is 1. The van der Waals surface area contributed by atoms with Crippen LogP contribution in [0.2, 0.25) is 5.02 Å². The second kappa shape index (κ2) is 5.73. The van der Waals surface area contributed by atoms with Crippen LogP contribution in [0.4, 0.5) is 0 Å². The van der Waals surface area contributed by atoms with E-state index in [-0.39, 0.29) is 5.41 Å². The van der Waals surface area contributed by atoms with E-state index in [0.717, 1.165) is 11.4 Å². The van der Waals surface area contributed by atoms with Gasteiger partial charge in [0.25, 0.3) is 0 Å². The molecule has 1 aromatic heterocycles. The second-order valence-electron chi connectivity index (χ2n) is 5.72. The third-order valence-electron chi connectivity index (χ3n) is 3.24. The lowest BCUT2D eigenvalue weighted by molar-refractivity contribution is 0.400. The van der Waals surface area contributed by atoms with Gasteiger partial charge in [-0.05, 0) is 12.2 Å². The third kappa shape index (κ3) is 2.94. The molecular formula is C15H19ClN2O2S. The quantitative estimate of drug-likeness (QED) is 0.844. The summed E-state index contributed by atoms with van der Waals surface area (Å²) in [5, 5.41) is 0.498. The topological polar surface area (TPSA) is 39.2 Å². The van der Waals surface area contributed by atoms with Crippen LogP contribution in [0.15, 0.2) is 18.3 Å². The molecule has 1 heterocycles. The molecule has 21 heavy (non-hydrogen) atoms. The van der Waals surface area contributed by atoms with Gasteiger partial charge in [0.1, 0.15) is 11.5 Å². The molecule has 0 radical (unpaired) electrons. The van der Waals surface area contributed by atoms with Crippen molar-refractivity contribution >= 4 is 23.8 Å². The van der Waals surface area contributed by atoms with Gasteiger partial charge in [0, 0.05) is 29.4 Å². The average molecular weight is 327 g/mol. The van der Waals surface area contributed by atoms with Gasteiger partial charge in [-0.2, -0.15) is 0 Å². The van der Waals surface area contributed by atoms with Crippen molar-refractivity contribution in [2.45, 2.75) is 26.2 Å². The second-order valence-corrected chi connectivity index (χ2v) is 6.52. The average Bonchev–Trinajstić information content (AvgIpc) is 2.80. The van der Waals surface area contributed by atoms with E-state index >= 15 is 0 Å². The van der Waals surface area contributed by atoms with E-state index < -0.39 is 0 Å². The van der Waals surface area contributed by atoms with Gasteiger partial charge in [-0.3, -0.25) is 4.57 Å². The SMILES string of the molecule is COc1cc(-n2c(C(C)(C)C)c[nH]c2=S)c(OC)cc1Cl. The van der Waals surface area contributed by atoms with Crippen molar-refractivity contribution in [2.75, 3.05) is 14.2 Å². The Bertz CT molecular complexity index is 713. The summed E-state index contributed by atoms with van der Waals surface area (Å²) in [4.78, 5) is 3.09. The summed E-state index contributed by atoms with van der Waals surface area (Å²) in [7, 11) is 3.19. The molecule has 0 bridgehead atoms. The van der Waals surface area contributed by atoms with Crippen LogP contribution >= 0.6 is 23.8 Å². The molecule has 0 atom stereocenters. The fourth-order valence-corrected chi connectivity index (χ4v) is 2.67. The first kappa shape index (κ1) is 15.9. The minimum absolute atomic E-state index is 0.0779. The van der Waals surface area contributed by atoms with Crippen LogP contribution in [0.3, 0.4) is 0 Å². The number of ether oxygens (including phenoxy) is 2. The lowest BCUT2D eigenvalue weighted by Crippen LogP contribution is -2.17. The lowest BCUT2D eigenvalue weighted by Gasteiger charge is -2.22. The van der Waals surface area contributed by atoms with Gasteiger partial charge in [0.2, 0.25) is 0 Å². The van der Waals surface area contributed by atoms with Gasteiger partial charge in [-0.15, -0.1) is 0 Å². The van der Waals surface area contributed by atoms with Gasteiger partial charge in [0.05, 0.1) is 24.9 Å². The number of rotatable bonds is 3. The minimum atomic E-state index is -0.0779. The molecule has 0 fully saturated rings. The summed E-state index contributed by atoms with van der Waals surface area (Å²) < 4.78 is 13.3. The van der Waals surface area contributed by atoms with E-state index in [1.165, 1.54) is 0 Å². The molecule has 2 aromatic rings. The zero-order valence-corrected chi connectivity index (χ0v) is 14.4. The molecule has 0 saturated heterocycles. The highest BCUT2D eigenvalue weighted by Crippen LogP contribution is 2.37. The van der Waals surface area contributed by atoms with Gasteiger partial charge in [-0.25, -0.2) is 0 Å².